The fourth-order valence-corrected chi connectivity index (χ4v) is 2.31. The summed E-state index contributed by atoms with van der Waals surface area (Å²) in [6, 6.07) is 0. The Kier molecular flexibility index (Phi) is 5.22. The van der Waals surface area contributed by atoms with Crippen molar-refractivity contribution in [3.63, 3.8) is 0 Å². The second-order valence-corrected chi connectivity index (χ2v) is 5.50. The molecule has 17 heavy (non-hydrogen) atoms. The minimum Gasteiger partial charge on any atom is -0.229 e. The van der Waals surface area contributed by atoms with E-state index in [1.54, 1.807) is 41.5 Å². The van der Waals surface area contributed by atoms with Crippen molar-refractivity contribution in [2.24, 2.45) is 0 Å². The summed E-state index contributed by atoms with van der Waals surface area (Å²) in [6.07, 6.45) is 0. The van der Waals surface area contributed by atoms with Gasteiger partial charge < -0.3 is 0 Å². The second-order valence-electron chi connectivity index (χ2n) is 4.35. The van der Waals surface area contributed by atoms with E-state index in [2.05, 4.69) is 23.7 Å². The Hall–Kier alpha value is -1.01. The molecule has 0 heterocycles. The van der Waals surface area contributed by atoms with Gasteiger partial charge >= 0.3 is 10.4 Å². The van der Waals surface area contributed by atoms with Crippen LogP contribution in [-0.4, -0.2) is 19.6 Å². The minimum absolute atomic E-state index is 1.12. The van der Waals surface area contributed by atoms with Gasteiger partial charge in [0.25, 0.3) is 0 Å². The molecule has 4 nitrogen and oxygen atoms in total. The van der Waals surface area contributed by atoms with Gasteiger partial charge in [0.1, 0.15) is 11.2 Å². The van der Waals surface area contributed by atoms with Gasteiger partial charge in [-0.3, -0.25) is 0 Å². The van der Waals surface area contributed by atoms with Crippen LogP contribution in [0.4, 0.5) is 0 Å². The van der Waals surface area contributed by atoms with Gasteiger partial charge in [-0.15, -0.1) is 11.8 Å². The normalized spacial score (nSPS) is 12.1. The Balaban J connectivity index is 4.92. The van der Waals surface area contributed by atoms with Gasteiger partial charge in [-0.1, -0.05) is 11.8 Å². The zero-order chi connectivity index (χ0) is 13.7. The highest BCUT2D eigenvalue weighted by Gasteiger charge is 2.31. The summed E-state index contributed by atoms with van der Waals surface area (Å²) < 4.78 is 33.0. The van der Waals surface area contributed by atoms with Crippen molar-refractivity contribution in [1.29, 1.82) is 0 Å². The van der Waals surface area contributed by atoms with E-state index < -0.39 is 21.6 Å². The molecule has 0 aromatic heterocycles. The van der Waals surface area contributed by atoms with Crippen LogP contribution in [0.1, 0.15) is 41.5 Å². The fourth-order valence-electron chi connectivity index (χ4n) is 1.17. The molecule has 5 heteroatoms. The number of hydrogen-bond acceptors (Lipinski definition) is 4. The minimum atomic E-state index is -4.15. The average molecular weight is 258 g/mol. The molecule has 0 saturated heterocycles. The Morgan fingerprint density at radius 1 is 0.824 bits per heavy atom. The summed E-state index contributed by atoms with van der Waals surface area (Å²) in [5, 5.41) is 0. The topological polar surface area (TPSA) is 52.6 Å². The molecule has 0 spiro atoms. The SMILES string of the molecule is CC#CC(C)(C)OS(=O)(=O)OC(C)(C)C#CC. The lowest BCUT2D eigenvalue weighted by Gasteiger charge is -2.22. The molecule has 0 aliphatic carbocycles. The second kappa shape index (κ2) is 5.55. The van der Waals surface area contributed by atoms with E-state index in [0.717, 1.165) is 0 Å². The first-order chi connectivity index (χ1) is 7.54. The van der Waals surface area contributed by atoms with E-state index in [-0.39, 0.29) is 0 Å². The van der Waals surface area contributed by atoms with Crippen molar-refractivity contribution in [2.45, 2.75) is 52.7 Å². The van der Waals surface area contributed by atoms with Crippen LogP contribution in [0.5, 0.6) is 0 Å². The molecule has 0 aliphatic heterocycles. The summed E-state index contributed by atoms with van der Waals surface area (Å²) in [6.45, 7) is 9.38. The van der Waals surface area contributed by atoms with Crippen molar-refractivity contribution >= 4 is 10.4 Å². The van der Waals surface area contributed by atoms with Crippen molar-refractivity contribution in [3.8, 4) is 23.7 Å². The molecule has 0 N–H and O–H groups in total. The zero-order valence-corrected chi connectivity index (χ0v) is 11.9. The summed E-state index contributed by atoms with van der Waals surface area (Å²) in [4.78, 5) is 0. The first-order valence-electron chi connectivity index (χ1n) is 5.07. The predicted octanol–water partition coefficient (Wildman–Crippen LogP) is 1.87. The highest BCUT2D eigenvalue weighted by molar-refractivity contribution is 7.82. The highest BCUT2D eigenvalue weighted by Crippen LogP contribution is 2.19. The first-order valence-corrected chi connectivity index (χ1v) is 6.41. The van der Waals surface area contributed by atoms with Gasteiger partial charge in [0.2, 0.25) is 0 Å². The molecule has 0 fully saturated rings. The van der Waals surface area contributed by atoms with Crippen molar-refractivity contribution in [3.05, 3.63) is 0 Å². The molecule has 0 radical (unpaired) electrons. The van der Waals surface area contributed by atoms with Crippen molar-refractivity contribution in [1.82, 2.24) is 0 Å². The average Bonchev–Trinajstić information content (AvgIpc) is 1.96. The van der Waals surface area contributed by atoms with E-state index in [4.69, 9.17) is 8.37 Å². The Labute approximate surface area is 104 Å². The molecule has 0 aromatic rings. The van der Waals surface area contributed by atoms with Gasteiger partial charge in [0.05, 0.1) is 0 Å². The fraction of sp³-hybridized carbons (Fsp3) is 0.667. The molecule has 0 aliphatic rings. The van der Waals surface area contributed by atoms with E-state index >= 15 is 0 Å². The van der Waals surface area contributed by atoms with Crippen LogP contribution in [0, 0.1) is 23.7 Å². The van der Waals surface area contributed by atoms with E-state index in [1.807, 2.05) is 0 Å². The van der Waals surface area contributed by atoms with Gasteiger partial charge in [0.15, 0.2) is 0 Å². The standard InChI is InChI=1S/C12H18O4S/c1-7-9-11(3,4)15-17(13,14)16-12(5,6)10-8-2/h1-6H3. The molecule has 0 aromatic carbocycles. The maximum Gasteiger partial charge on any atom is 0.402 e. The molecule has 0 rings (SSSR count). The third kappa shape index (κ3) is 7.01. The van der Waals surface area contributed by atoms with E-state index in [9.17, 15) is 8.42 Å². The summed E-state index contributed by atoms with van der Waals surface area (Å²) in [5.74, 6) is 10.4. The largest absolute Gasteiger partial charge is 0.402 e. The van der Waals surface area contributed by atoms with Crippen molar-refractivity contribution < 1.29 is 16.8 Å². The maximum absolute atomic E-state index is 11.6. The van der Waals surface area contributed by atoms with Crippen LogP contribution in [0.15, 0.2) is 0 Å². The lowest BCUT2D eigenvalue weighted by Crippen LogP contribution is -2.33. The molecule has 0 amide bonds. The molecule has 0 atom stereocenters. The number of hydrogen-bond donors (Lipinski definition) is 0. The lowest BCUT2D eigenvalue weighted by molar-refractivity contribution is 0.0940. The third-order valence-corrected chi connectivity index (χ3v) is 2.71. The summed E-state index contributed by atoms with van der Waals surface area (Å²) in [7, 11) is -4.15. The van der Waals surface area contributed by atoms with Gasteiger partial charge in [-0.25, -0.2) is 8.37 Å². The van der Waals surface area contributed by atoms with Crippen LogP contribution >= 0.6 is 0 Å². The molecule has 96 valence electrons. The maximum atomic E-state index is 11.6. The Morgan fingerprint density at radius 2 is 1.12 bits per heavy atom. The van der Waals surface area contributed by atoms with Gasteiger partial charge in [-0.2, -0.15) is 8.42 Å². The predicted molar refractivity (Wildman–Crippen MR) is 66.1 cm³/mol. The van der Waals surface area contributed by atoms with Crippen LogP contribution in [0.3, 0.4) is 0 Å². The van der Waals surface area contributed by atoms with Gasteiger partial charge in [0, 0.05) is 0 Å². The molecular formula is C12H18O4S. The molecule has 0 unspecified atom stereocenters. The number of rotatable bonds is 4. The quantitative estimate of drug-likeness (QED) is 0.722. The third-order valence-electron chi connectivity index (χ3n) is 1.47. The van der Waals surface area contributed by atoms with Crippen LogP contribution in [0.25, 0.3) is 0 Å². The van der Waals surface area contributed by atoms with Crippen LogP contribution in [-0.2, 0) is 18.8 Å². The summed E-state index contributed by atoms with van der Waals surface area (Å²) in [5.41, 5.74) is -2.24. The lowest BCUT2D eigenvalue weighted by atomic mass is 10.1. The monoisotopic (exact) mass is 258 g/mol. The van der Waals surface area contributed by atoms with Crippen LogP contribution in [0.2, 0.25) is 0 Å². The van der Waals surface area contributed by atoms with Crippen LogP contribution < -0.4 is 0 Å². The summed E-state index contributed by atoms with van der Waals surface area (Å²) >= 11 is 0. The van der Waals surface area contributed by atoms with E-state index in [0.29, 0.717) is 0 Å². The zero-order valence-electron chi connectivity index (χ0n) is 11.0. The molecular weight excluding hydrogens is 240 g/mol. The molecule has 0 saturated carbocycles. The smallest absolute Gasteiger partial charge is 0.229 e. The van der Waals surface area contributed by atoms with E-state index in [1.165, 1.54) is 0 Å². The molecule has 0 bridgehead atoms. The first kappa shape index (κ1) is 16.0. The van der Waals surface area contributed by atoms with Crippen molar-refractivity contribution in [2.75, 3.05) is 0 Å². The van der Waals surface area contributed by atoms with Gasteiger partial charge in [-0.05, 0) is 41.5 Å². The highest BCUT2D eigenvalue weighted by atomic mass is 32.3. The Morgan fingerprint density at radius 3 is 1.35 bits per heavy atom. The Bertz CT molecular complexity index is 438.